The van der Waals surface area contributed by atoms with Gasteiger partial charge in [-0.25, -0.2) is 0 Å². The molecule has 27 heavy (non-hydrogen) atoms. The minimum Gasteiger partial charge on any atom is -0.496 e. The van der Waals surface area contributed by atoms with Crippen LogP contribution in [0.1, 0.15) is 24.5 Å². The second kappa shape index (κ2) is 8.12. The molecule has 1 N–H and O–H groups in total. The Labute approximate surface area is 159 Å². The molecule has 3 rings (SSSR count). The zero-order valence-corrected chi connectivity index (χ0v) is 15.9. The molecule has 0 heterocycles. The van der Waals surface area contributed by atoms with Crippen LogP contribution in [0.25, 0.3) is 21.9 Å². The largest absolute Gasteiger partial charge is 0.496 e. The molecule has 0 aliphatic rings. The topological polar surface area (TPSA) is 55.8 Å². The standard InChI is InChI=1S/C23H24O4/c1-4-15-11-13-20(26-2)22(23(15)27-3)19-10-6-8-17-16(12-14-21(24)25)7-5-9-18(17)19/h5-11,13H,4,12,14H2,1-3H3,(H,24,25). The van der Waals surface area contributed by atoms with Gasteiger partial charge in [-0.2, -0.15) is 0 Å². The molecule has 0 bridgehead atoms. The zero-order valence-electron chi connectivity index (χ0n) is 15.9. The van der Waals surface area contributed by atoms with E-state index in [2.05, 4.69) is 19.1 Å². The summed E-state index contributed by atoms with van der Waals surface area (Å²) < 4.78 is 11.4. The molecule has 0 amide bonds. The maximum atomic E-state index is 11.0. The maximum absolute atomic E-state index is 11.0. The number of aliphatic carboxylic acids is 1. The molecule has 3 aromatic carbocycles. The SMILES string of the molecule is CCc1ccc(OC)c(-c2cccc3c(CCC(=O)O)cccc23)c1OC. The molecule has 3 aromatic rings. The summed E-state index contributed by atoms with van der Waals surface area (Å²) >= 11 is 0. The van der Waals surface area contributed by atoms with Gasteiger partial charge in [-0.05, 0) is 46.4 Å². The van der Waals surface area contributed by atoms with Gasteiger partial charge in [-0.1, -0.05) is 49.4 Å². The number of ether oxygens (including phenoxy) is 2. The van der Waals surface area contributed by atoms with Gasteiger partial charge in [0.05, 0.1) is 19.8 Å². The highest BCUT2D eigenvalue weighted by Gasteiger charge is 2.18. The first kappa shape index (κ1) is 18.8. The number of hydrogen-bond donors (Lipinski definition) is 1. The Morgan fingerprint density at radius 1 is 0.926 bits per heavy atom. The maximum Gasteiger partial charge on any atom is 0.303 e. The Bertz CT molecular complexity index is 976. The molecule has 0 unspecified atom stereocenters. The number of aryl methyl sites for hydroxylation is 2. The molecule has 4 heteroatoms. The Hall–Kier alpha value is -3.01. The van der Waals surface area contributed by atoms with Crippen LogP contribution in [-0.4, -0.2) is 25.3 Å². The van der Waals surface area contributed by atoms with Crippen LogP contribution >= 0.6 is 0 Å². The molecule has 0 aromatic heterocycles. The van der Waals surface area contributed by atoms with Crippen molar-refractivity contribution in [2.24, 2.45) is 0 Å². The number of carbonyl (C=O) groups is 1. The third-order valence-electron chi connectivity index (χ3n) is 4.90. The summed E-state index contributed by atoms with van der Waals surface area (Å²) in [5, 5.41) is 11.2. The zero-order chi connectivity index (χ0) is 19.4. The quantitative estimate of drug-likeness (QED) is 0.633. The van der Waals surface area contributed by atoms with Crippen LogP contribution in [0.15, 0.2) is 48.5 Å². The van der Waals surface area contributed by atoms with Gasteiger partial charge in [0.25, 0.3) is 0 Å². The average Bonchev–Trinajstić information content (AvgIpc) is 2.70. The van der Waals surface area contributed by atoms with E-state index in [9.17, 15) is 4.79 Å². The van der Waals surface area contributed by atoms with Crippen molar-refractivity contribution in [2.45, 2.75) is 26.2 Å². The van der Waals surface area contributed by atoms with Gasteiger partial charge in [0.1, 0.15) is 11.5 Å². The van der Waals surface area contributed by atoms with Crippen LogP contribution in [0, 0.1) is 0 Å². The van der Waals surface area contributed by atoms with E-state index in [1.165, 1.54) is 0 Å². The first-order valence-corrected chi connectivity index (χ1v) is 9.07. The minimum atomic E-state index is -0.790. The molecular formula is C23H24O4. The van der Waals surface area contributed by atoms with Crippen molar-refractivity contribution in [1.29, 1.82) is 0 Å². The fraction of sp³-hybridized carbons (Fsp3) is 0.261. The molecule has 0 aliphatic carbocycles. The molecule has 4 nitrogen and oxygen atoms in total. The van der Waals surface area contributed by atoms with Crippen LogP contribution in [0.2, 0.25) is 0 Å². The minimum absolute atomic E-state index is 0.112. The van der Waals surface area contributed by atoms with E-state index in [1.54, 1.807) is 14.2 Å². The van der Waals surface area contributed by atoms with Crippen molar-refractivity contribution < 1.29 is 19.4 Å². The fourth-order valence-corrected chi connectivity index (χ4v) is 3.60. The summed E-state index contributed by atoms with van der Waals surface area (Å²) in [4.78, 5) is 11.0. The third kappa shape index (κ3) is 3.61. The molecule has 0 aliphatic heterocycles. The van der Waals surface area contributed by atoms with E-state index in [-0.39, 0.29) is 6.42 Å². The van der Waals surface area contributed by atoms with Crippen LogP contribution in [0.5, 0.6) is 11.5 Å². The van der Waals surface area contributed by atoms with Gasteiger partial charge >= 0.3 is 5.97 Å². The summed E-state index contributed by atoms with van der Waals surface area (Å²) in [5.74, 6) is 0.787. The third-order valence-corrected chi connectivity index (χ3v) is 4.90. The molecule has 0 atom stereocenters. The predicted molar refractivity (Wildman–Crippen MR) is 108 cm³/mol. The highest BCUT2D eigenvalue weighted by Crippen LogP contribution is 2.44. The monoisotopic (exact) mass is 364 g/mol. The van der Waals surface area contributed by atoms with Gasteiger partial charge in [0.2, 0.25) is 0 Å². The van der Waals surface area contributed by atoms with Gasteiger partial charge in [-0.3, -0.25) is 4.79 Å². The molecule has 0 radical (unpaired) electrons. The van der Waals surface area contributed by atoms with Crippen LogP contribution in [0.4, 0.5) is 0 Å². The average molecular weight is 364 g/mol. The Kier molecular flexibility index (Phi) is 5.65. The van der Waals surface area contributed by atoms with Crippen molar-refractivity contribution in [3.8, 4) is 22.6 Å². The van der Waals surface area contributed by atoms with E-state index < -0.39 is 5.97 Å². The first-order chi connectivity index (χ1) is 13.1. The second-order valence-corrected chi connectivity index (χ2v) is 6.40. The Morgan fingerprint density at radius 2 is 1.67 bits per heavy atom. The van der Waals surface area contributed by atoms with Crippen molar-refractivity contribution >= 4 is 16.7 Å². The van der Waals surface area contributed by atoms with Crippen LogP contribution in [0.3, 0.4) is 0 Å². The summed E-state index contributed by atoms with van der Waals surface area (Å²) in [5.41, 5.74) is 4.10. The summed E-state index contributed by atoms with van der Waals surface area (Å²) in [6, 6.07) is 16.1. The van der Waals surface area contributed by atoms with Crippen molar-refractivity contribution in [3.05, 3.63) is 59.7 Å². The smallest absolute Gasteiger partial charge is 0.303 e. The van der Waals surface area contributed by atoms with E-state index >= 15 is 0 Å². The van der Waals surface area contributed by atoms with Crippen LogP contribution < -0.4 is 9.47 Å². The molecular weight excluding hydrogens is 340 g/mol. The number of rotatable bonds is 7. The molecule has 0 fully saturated rings. The lowest BCUT2D eigenvalue weighted by Gasteiger charge is -2.18. The van der Waals surface area contributed by atoms with E-state index in [1.807, 2.05) is 36.4 Å². The Balaban J connectivity index is 2.27. The molecule has 140 valence electrons. The second-order valence-electron chi connectivity index (χ2n) is 6.40. The van der Waals surface area contributed by atoms with Gasteiger partial charge < -0.3 is 14.6 Å². The molecule has 0 saturated carbocycles. The summed E-state index contributed by atoms with van der Waals surface area (Å²) in [7, 11) is 3.34. The Morgan fingerprint density at radius 3 is 2.33 bits per heavy atom. The van der Waals surface area contributed by atoms with E-state index in [0.29, 0.717) is 6.42 Å². The number of fused-ring (bicyclic) bond motifs is 1. The number of methoxy groups -OCH3 is 2. The van der Waals surface area contributed by atoms with Gasteiger partial charge in [-0.15, -0.1) is 0 Å². The summed E-state index contributed by atoms with van der Waals surface area (Å²) in [6.07, 6.45) is 1.47. The lowest BCUT2D eigenvalue weighted by Crippen LogP contribution is -1.99. The lowest BCUT2D eigenvalue weighted by molar-refractivity contribution is -0.136. The van der Waals surface area contributed by atoms with E-state index in [4.69, 9.17) is 14.6 Å². The van der Waals surface area contributed by atoms with Crippen molar-refractivity contribution in [3.63, 3.8) is 0 Å². The lowest BCUT2D eigenvalue weighted by atomic mass is 9.92. The normalized spacial score (nSPS) is 10.8. The van der Waals surface area contributed by atoms with Crippen LogP contribution in [-0.2, 0) is 17.6 Å². The highest BCUT2D eigenvalue weighted by atomic mass is 16.5. The van der Waals surface area contributed by atoms with Crippen molar-refractivity contribution in [2.75, 3.05) is 14.2 Å². The molecule has 0 saturated heterocycles. The van der Waals surface area contributed by atoms with Crippen molar-refractivity contribution in [1.82, 2.24) is 0 Å². The highest BCUT2D eigenvalue weighted by molar-refractivity contribution is 6.01. The first-order valence-electron chi connectivity index (χ1n) is 9.07. The number of benzene rings is 3. The van der Waals surface area contributed by atoms with E-state index in [0.717, 1.165) is 50.9 Å². The fourth-order valence-electron chi connectivity index (χ4n) is 3.60. The number of carboxylic acids is 1. The predicted octanol–water partition coefficient (Wildman–Crippen LogP) is 5.10. The number of carboxylic acid groups (broad SMARTS) is 1. The molecule has 0 spiro atoms. The van der Waals surface area contributed by atoms with Gasteiger partial charge in [0, 0.05) is 6.42 Å². The number of hydrogen-bond acceptors (Lipinski definition) is 3. The van der Waals surface area contributed by atoms with Gasteiger partial charge in [0.15, 0.2) is 0 Å². The summed E-state index contributed by atoms with van der Waals surface area (Å²) in [6.45, 7) is 2.10.